The van der Waals surface area contributed by atoms with Gasteiger partial charge in [-0.2, -0.15) is 11.8 Å². The first-order chi connectivity index (χ1) is 8.44. The quantitative estimate of drug-likeness (QED) is 0.824. The molecule has 0 radical (unpaired) electrons. The Hall–Kier alpha value is 0.310. The van der Waals surface area contributed by atoms with Gasteiger partial charge in [-0.25, -0.2) is 0 Å². The number of hydrogen-bond donors (Lipinski definition) is 1. The molecule has 0 saturated heterocycles. The second-order valence-electron chi connectivity index (χ2n) is 7.78. The SMILES string of the molecule is CSC1(CNC2CC3CCC2(C)C3(C)C)CCC1. The Balaban J connectivity index is 1.65. The van der Waals surface area contributed by atoms with Crippen LogP contribution in [0.1, 0.15) is 59.3 Å². The molecule has 2 bridgehead atoms. The van der Waals surface area contributed by atoms with E-state index in [1.807, 2.05) is 0 Å². The van der Waals surface area contributed by atoms with Crippen molar-refractivity contribution >= 4 is 11.8 Å². The Morgan fingerprint density at radius 1 is 1.17 bits per heavy atom. The molecule has 18 heavy (non-hydrogen) atoms. The summed E-state index contributed by atoms with van der Waals surface area (Å²) in [5, 5.41) is 3.98. The van der Waals surface area contributed by atoms with Crippen molar-refractivity contribution in [1.29, 1.82) is 0 Å². The van der Waals surface area contributed by atoms with Gasteiger partial charge in [0.2, 0.25) is 0 Å². The van der Waals surface area contributed by atoms with E-state index >= 15 is 0 Å². The van der Waals surface area contributed by atoms with E-state index < -0.39 is 0 Å². The lowest BCUT2D eigenvalue weighted by molar-refractivity contribution is 0.117. The Bertz CT molecular complexity index is 328. The van der Waals surface area contributed by atoms with E-state index in [1.54, 1.807) is 0 Å². The van der Waals surface area contributed by atoms with Crippen molar-refractivity contribution in [3.8, 4) is 0 Å². The third kappa shape index (κ3) is 1.64. The van der Waals surface area contributed by atoms with E-state index in [4.69, 9.17) is 0 Å². The zero-order valence-electron chi connectivity index (χ0n) is 12.5. The molecule has 3 atom stereocenters. The molecule has 3 fully saturated rings. The molecule has 0 aromatic rings. The minimum atomic E-state index is 0.543. The molecule has 2 heteroatoms. The molecular formula is C16H29NS. The lowest BCUT2D eigenvalue weighted by atomic mass is 9.69. The molecule has 0 spiro atoms. The maximum Gasteiger partial charge on any atom is 0.0281 e. The lowest BCUT2D eigenvalue weighted by Crippen LogP contribution is -2.51. The molecule has 0 heterocycles. The van der Waals surface area contributed by atoms with Crippen LogP contribution in [0.5, 0.6) is 0 Å². The van der Waals surface area contributed by atoms with E-state index in [0.29, 0.717) is 15.6 Å². The van der Waals surface area contributed by atoms with E-state index in [1.165, 1.54) is 45.1 Å². The van der Waals surface area contributed by atoms with Crippen LogP contribution in [-0.4, -0.2) is 23.6 Å². The van der Waals surface area contributed by atoms with E-state index in [-0.39, 0.29) is 0 Å². The van der Waals surface area contributed by atoms with Crippen LogP contribution in [0.15, 0.2) is 0 Å². The Morgan fingerprint density at radius 3 is 2.28 bits per heavy atom. The van der Waals surface area contributed by atoms with Gasteiger partial charge in [-0.1, -0.05) is 27.2 Å². The van der Waals surface area contributed by atoms with Gasteiger partial charge in [0.15, 0.2) is 0 Å². The highest BCUT2D eigenvalue weighted by Crippen LogP contribution is 2.65. The molecular weight excluding hydrogens is 238 g/mol. The average Bonchev–Trinajstić information content (AvgIpc) is 2.61. The molecule has 0 aromatic carbocycles. The summed E-state index contributed by atoms with van der Waals surface area (Å²) in [6, 6.07) is 0.774. The second kappa shape index (κ2) is 4.15. The van der Waals surface area contributed by atoms with Gasteiger partial charge >= 0.3 is 0 Å². The molecule has 1 nitrogen and oxygen atoms in total. The number of rotatable bonds is 4. The monoisotopic (exact) mass is 267 g/mol. The lowest BCUT2D eigenvalue weighted by Gasteiger charge is -2.45. The molecule has 0 amide bonds. The minimum absolute atomic E-state index is 0.543. The van der Waals surface area contributed by atoms with Crippen molar-refractivity contribution in [3.05, 3.63) is 0 Å². The first kappa shape index (κ1) is 13.3. The van der Waals surface area contributed by atoms with Crippen LogP contribution < -0.4 is 5.32 Å². The van der Waals surface area contributed by atoms with Crippen LogP contribution in [0.3, 0.4) is 0 Å². The van der Waals surface area contributed by atoms with E-state index in [9.17, 15) is 0 Å². The van der Waals surface area contributed by atoms with Gasteiger partial charge in [0.1, 0.15) is 0 Å². The zero-order chi connectivity index (χ0) is 13.0. The standard InChI is InChI=1S/C16H29NS/c1-14(2)12-6-9-15(14,3)13(10-12)17-11-16(18-4)7-5-8-16/h12-13,17H,5-11H2,1-4H3. The van der Waals surface area contributed by atoms with Crippen molar-refractivity contribution in [2.24, 2.45) is 16.7 Å². The van der Waals surface area contributed by atoms with Crippen LogP contribution in [-0.2, 0) is 0 Å². The fraction of sp³-hybridized carbons (Fsp3) is 1.00. The highest BCUT2D eigenvalue weighted by molar-refractivity contribution is 8.00. The van der Waals surface area contributed by atoms with Gasteiger partial charge in [-0.3, -0.25) is 0 Å². The summed E-state index contributed by atoms with van der Waals surface area (Å²) >= 11 is 2.10. The number of fused-ring (bicyclic) bond motifs is 2. The number of thioether (sulfide) groups is 1. The maximum atomic E-state index is 3.98. The molecule has 3 saturated carbocycles. The van der Waals surface area contributed by atoms with Crippen LogP contribution in [0.25, 0.3) is 0 Å². The highest BCUT2D eigenvalue weighted by atomic mass is 32.2. The molecule has 3 aliphatic carbocycles. The fourth-order valence-electron chi connectivity index (χ4n) is 4.85. The third-order valence-electron chi connectivity index (χ3n) is 7.16. The first-order valence-corrected chi connectivity index (χ1v) is 8.95. The van der Waals surface area contributed by atoms with Gasteiger partial charge in [-0.15, -0.1) is 0 Å². The Morgan fingerprint density at radius 2 is 1.89 bits per heavy atom. The third-order valence-corrected chi connectivity index (χ3v) is 8.58. The maximum absolute atomic E-state index is 3.98. The van der Waals surface area contributed by atoms with Crippen molar-refractivity contribution in [2.45, 2.75) is 70.1 Å². The molecule has 104 valence electrons. The van der Waals surface area contributed by atoms with E-state index in [0.717, 1.165) is 12.0 Å². The van der Waals surface area contributed by atoms with E-state index in [2.05, 4.69) is 44.1 Å². The predicted octanol–water partition coefficient (Wildman–Crippen LogP) is 4.08. The summed E-state index contributed by atoms with van der Waals surface area (Å²) in [5.74, 6) is 0.964. The summed E-state index contributed by atoms with van der Waals surface area (Å²) in [6.45, 7) is 8.82. The Labute approximate surface area is 117 Å². The van der Waals surface area contributed by atoms with Gasteiger partial charge in [0.25, 0.3) is 0 Å². The second-order valence-corrected chi connectivity index (χ2v) is 9.06. The van der Waals surface area contributed by atoms with Crippen LogP contribution in [0.4, 0.5) is 0 Å². The molecule has 0 aliphatic heterocycles. The first-order valence-electron chi connectivity index (χ1n) is 7.72. The summed E-state index contributed by atoms with van der Waals surface area (Å²) in [7, 11) is 0. The molecule has 3 unspecified atom stereocenters. The average molecular weight is 267 g/mol. The van der Waals surface area contributed by atoms with Crippen molar-refractivity contribution in [3.63, 3.8) is 0 Å². The summed E-state index contributed by atoms with van der Waals surface area (Å²) < 4.78 is 0.586. The van der Waals surface area contributed by atoms with Crippen molar-refractivity contribution in [1.82, 2.24) is 5.32 Å². The molecule has 0 aromatic heterocycles. The van der Waals surface area contributed by atoms with Crippen molar-refractivity contribution in [2.75, 3.05) is 12.8 Å². The largest absolute Gasteiger partial charge is 0.312 e. The smallest absolute Gasteiger partial charge is 0.0281 e. The summed E-state index contributed by atoms with van der Waals surface area (Å²) in [5.41, 5.74) is 1.10. The summed E-state index contributed by atoms with van der Waals surface area (Å²) in [6.07, 6.45) is 10.9. The van der Waals surface area contributed by atoms with Crippen LogP contribution in [0.2, 0.25) is 0 Å². The zero-order valence-corrected chi connectivity index (χ0v) is 13.3. The highest BCUT2D eigenvalue weighted by Gasteiger charge is 2.61. The van der Waals surface area contributed by atoms with Gasteiger partial charge < -0.3 is 5.32 Å². The molecule has 3 aliphatic rings. The normalized spacial score (nSPS) is 44.0. The van der Waals surface area contributed by atoms with Crippen LogP contribution in [0, 0.1) is 16.7 Å². The van der Waals surface area contributed by atoms with Crippen molar-refractivity contribution < 1.29 is 0 Å². The topological polar surface area (TPSA) is 12.0 Å². The number of hydrogen-bond acceptors (Lipinski definition) is 2. The van der Waals surface area contributed by atoms with Gasteiger partial charge in [-0.05, 0) is 55.1 Å². The Kier molecular flexibility index (Phi) is 3.07. The minimum Gasteiger partial charge on any atom is -0.312 e. The molecule has 3 rings (SSSR count). The predicted molar refractivity (Wildman–Crippen MR) is 81.1 cm³/mol. The van der Waals surface area contributed by atoms with Gasteiger partial charge in [0, 0.05) is 17.3 Å². The summed E-state index contributed by atoms with van der Waals surface area (Å²) in [4.78, 5) is 0. The molecule has 1 N–H and O–H groups in total. The van der Waals surface area contributed by atoms with Crippen LogP contribution >= 0.6 is 11.8 Å². The number of nitrogens with one attached hydrogen (secondary N) is 1. The fourth-order valence-corrected chi connectivity index (χ4v) is 5.77. The van der Waals surface area contributed by atoms with Gasteiger partial charge in [0.05, 0.1) is 0 Å².